The summed E-state index contributed by atoms with van der Waals surface area (Å²) in [5.74, 6) is 0.973. The molecule has 0 fully saturated rings. The Labute approximate surface area is 109 Å². The van der Waals surface area contributed by atoms with Gasteiger partial charge in [0.1, 0.15) is 0 Å². The van der Waals surface area contributed by atoms with Gasteiger partial charge in [-0.1, -0.05) is 37.0 Å². The largest absolute Gasteiger partial charge is 0.334 e. The first kappa shape index (κ1) is 11.8. The van der Waals surface area contributed by atoms with Crippen LogP contribution in [-0.2, 0) is 0 Å². The van der Waals surface area contributed by atoms with Crippen molar-refractivity contribution < 1.29 is 4.52 Å². The first-order chi connectivity index (χ1) is 7.56. The number of benzene rings is 1. The fourth-order valence-electron chi connectivity index (χ4n) is 1.21. The highest BCUT2D eigenvalue weighted by atomic mass is 79.9. The molecule has 0 aliphatic carbocycles. The van der Waals surface area contributed by atoms with Gasteiger partial charge in [-0.3, -0.25) is 0 Å². The number of aromatic nitrogens is 2. The second-order valence-corrected chi connectivity index (χ2v) is 5.24. The highest BCUT2D eigenvalue weighted by Crippen LogP contribution is 2.27. The van der Waals surface area contributed by atoms with Gasteiger partial charge in [0.25, 0.3) is 5.89 Å². The summed E-state index contributed by atoms with van der Waals surface area (Å²) in [5.41, 5.74) is 6.51. The quantitative estimate of drug-likeness (QED) is 0.906. The van der Waals surface area contributed by atoms with Gasteiger partial charge < -0.3 is 10.3 Å². The molecule has 2 rings (SSSR count). The van der Waals surface area contributed by atoms with Crippen LogP contribution in [-0.4, -0.2) is 10.1 Å². The minimum Gasteiger partial charge on any atom is -0.334 e. The van der Waals surface area contributed by atoms with Crippen molar-refractivity contribution in [3.8, 4) is 11.5 Å². The molecule has 0 bridgehead atoms. The maximum absolute atomic E-state index is 5.66. The Morgan fingerprint density at radius 1 is 1.25 bits per heavy atom. The summed E-state index contributed by atoms with van der Waals surface area (Å²) in [4.78, 5) is 4.22. The van der Waals surface area contributed by atoms with Gasteiger partial charge in [0, 0.05) is 14.5 Å². The van der Waals surface area contributed by atoms with Crippen molar-refractivity contribution in [1.82, 2.24) is 10.1 Å². The van der Waals surface area contributed by atoms with E-state index in [0.29, 0.717) is 11.7 Å². The van der Waals surface area contributed by atoms with Crippen LogP contribution in [0.5, 0.6) is 0 Å². The molecule has 2 aromatic rings. The lowest BCUT2D eigenvalue weighted by Gasteiger charge is -1.97. The summed E-state index contributed by atoms with van der Waals surface area (Å²) in [7, 11) is 0. The van der Waals surface area contributed by atoms with Gasteiger partial charge >= 0.3 is 0 Å². The van der Waals surface area contributed by atoms with Crippen molar-refractivity contribution in [3.63, 3.8) is 0 Å². The molecular weight excluding hydrogens is 338 g/mol. The van der Waals surface area contributed by atoms with Crippen molar-refractivity contribution in [2.45, 2.75) is 13.0 Å². The monoisotopic (exact) mass is 345 g/mol. The molecule has 1 aromatic carbocycles. The summed E-state index contributed by atoms with van der Waals surface area (Å²) < 4.78 is 7.02. The molecular formula is C10H9Br2N3O. The van der Waals surface area contributed by atoms with Crippen LogP contribution in [0.4, 0.5) is 0 Å². The molecule has 0 radical (unpaired) electrons. The molecule has 6 heteroatoms. The third kappa shape index (κ3) is 2.50. The normalized spacial score (nSPS) is 12.8. The summed E-state index contributed by atoms with van der Waals surface area (Å²) >= 11 is 6.80. The van der Waals surface area contributed by atoms with Gasteiger partial charge in [-0.25, -0.2) is 0 Å². The van der Waals surface area contributed by atoms with Gasteiger partial charge in [0.15, 0.2) is 5.82 Å². The van der Waals surface area contributed by atoms with Crippen molar-refractivity contribution >= 4 is 31.9 Å². The predicted octanol–water partition coefficient (Wildman–Crippen LogP) is 3.28. The number of nitrogens with zero attached hydrogens (tertiary/aromatic N) is 2. The van der Waals surface area contributed by atoms with E-state index in [4.69, 9.17) is 10.3 Å². The molecule has 1 heterocycles. The Morgan fingerprint density at radius 3 is 2.38 bits per heavy atom. The standard InChI is InChI=1S/C10H9Br2N3O/c1-5(13)9-14-10(16-15-9)6-2-7(11)4-8(12)3-6/h2-5H,13H2,1H3. The molecule has 1 unspecified atom stereocenters. The zero-order chi connectivity index (χ0) is 11.7. The molecule has 0 aliphatic heterocycles. The van der Waals surface area contributed by atoms with E-state index in [1.54, 1.807) is 0 Å². The Hall–Kier alpha value is -0.720. The lowest BCUT2D eigenvalue weighted by molar-refractivity contribution is 0.418. The van der Waals surface area contributed by atoms with Gasteiger partial charge in [0.05, 0.1) is 6.04 Å². The molecule has 0 saturated carbocycles. The van der Waals surface area contributed by atoms with E-state index in [1.165, 1.54) is 0 Å². The van der Waals surface area contributed by atoms with E-state index in [0.717, 1.165) is 14.5 Å². The fourth-order valence-corrected chi connectivity index (χ4v) is 2.51. The van der Waals surface area contributed by atoms with Crippen molar-refractivity contribution in [3.05, 3.63) is 33.0 Å². The van der Waals surface area contributed by atoms with Crippen LogP contribution in [0.15, 0.2) is 31.7 Å². The lowest BCUT2D eigenvalue weighted by Crippen LogP contribution is -2.06. The molecule has 4 nitrogen and oxygen atoms in total. The van der Waals surface area contributed by atoms with Crippen LogP contribution in [0.2, 0.25) is 0 Å². The Balaban J connectivity index is 2.42. The first-order valence-corrected chi connectivity index (χ1v) is 6.20. The van der Waals surface area contributed by atoms with E-state index in [9.17, 15) is 0 Å². The van der Waals surface area contributed by atoms with Crippen LogP contribution in [0.1, 0.15) is 18.8 Å². The Bertz CT molecular complexity index is 490. The summed E-state index contributed by atoms with van der Waals surface area (Å²) in [5, 5.41) is 3.81. The average molecular weight is 347 g/mol. The van der Waals surface area contributed by atoms with Crippen molar-refractivity contribution in [2.75, 3.05) is 0 Å². The molecule has 16 heavy (non-hydrogen) atoms. The molecule has 84 valence electrons. The number of hydrogen-bond acceptors (Lipinski definition) is 4. The van der Waals surface area contributed by atoms with Gasteiger partial charge in [-0.2, -0.15) is 4.98 Å². The third-order valence-electron chi connectivity index (χ3n) is 1.96. The molecule has 1 aromatic heterocycles. The van der Waals surface area contributed by atoms with Crippen LogP contribution in [0.25, 0.3) is 11.5 Å². The van der Waals surface area contributed by atoms with Gasteiger partial charge in [-0.05, 0) is 25.1 Å². The second kappa shape index (κ2) is 4.65. The summed E-state index contributed by atoms with van der Waals surface area (Å²) in [6.45, 7) is 1.81. The predicted molar refractivity (Wildman–Crippen MR) is 67.7 cm³/mol. The topological polar surface area (TPSA) is 64.9 Å². The minimum atomic E-state index is -0.229. The van der Waals surface area contributed by atoms with E-state index >= 15 is 0 Å². The van der Waals surface area contributed by atoms with E-state index in [2.05, 4.69) is 42.0 Å². The molecule has 0 amide bonds. The maximum atomic E-state index is 5.66. The Kier molecular flexibility index (Phi) is 3.41. The van der Waals surface area contributed by atoms with Crippen molar-refractivity contribution in [1.29, 1.82) is 0 Å². The van der Waals surface area contributed by atoms with Gasteiger partial charge in [0.2, 0.25) is 0 Å². The zero-order valence-electron chi connectivity index (χ0n) is 8.45. The number of rotatable bonds is 2. The fraction of sp³-hybridized carbons (Fsp3) is 0.200. The maximum Gasteiger partial charge on any atom is 0.258 e. The van der Waals surface area contributed by atoms with E-state index in [-0.39, 0.29) is 6.04 Å². The van der Waals surface area contributed by atoms with Crippen LogP contribution >= 0.6 is 31.9 Å². The average Bonchev–Trinajstić information content (AvgIpc) is 2.64. The van der Waals surface area contributed by atoms with Gasteiger partial charge in [-0.15, -0.1) is 0 Å². The molecule has 1 atom stereocenters. The van der Waals surface area contributed by atoms with Crippen LogP contribution in [0.3, 0.4) is 0 Å². The molecule has 2 N–H and O–H groups in total. The van der Waals surface area contributed by atoms with E-state index < -0.39 is 0 Å². The second-order valence-electron chi connectivity index (χ2n) is 3.40. The van der Waals surface area contributed by atoms with Crippen LogP contribution in [0, 0.1) is 0 Å². The molecule has 0 saturated heterocycles. The summed E-state index contributed by atoms with van der Waals surface area (Å²) in [6.07, 6.45) is 0. The zero-order valence-corrected chi connectivity index (χ0v) is 11.6. The highest BCUT2D eigenvalue weighted by Gasteiger charge is 2.12. The smallest absolute Gasteiger partial charge is 0.258 e. The highest BCUT2D eigenvalue weighted by molar-refractivity contribution is 9.11. The van der Waals surface area contributed by atoms with Crippen molar-refractivity contribution in [2.24, 2.45) is 5.73 Å². The van der Waals surface area contributed by atoms with E-state index in [1.807, 2.05) is 25.1 Å². The van der Waals surface area contributed by atoms with Crippen LogP contribution < -0.4 is 5.73 Å². The summed E-state index contributed by atoms with van der Waals surface area (Å²) in [6, 6.07) is 5.52. The number of halogens is 2. The SMILES string of the molecule is CC(N)c1noc(-c2cc(Br)cc(Br)c2)n1. The molecule has 0 aliphatic rings. The Morgan fingerprint density at radius 2 is 1.88 bits per heavy atom. The molecule has 0 spiro atoms. The minimum absolute atomic E-state index is 0.229. The number of hydrogen-bond donors (Lipinski definition) is 1. The number of nitrogens with two attached hydrogens (primary N) is 1. The lowest BCUT2D eigenvalue weighted by atomic mass is 10.2. The third-order valence-corrected chi connectivity index (χ3v) is 2.87. The first-order valence-electron chi connectivity index (χ1n) is 4.62.